The van der Waals surface area contributed by atoms with Crippen LogP contribution in [0.2, 0.25) is 0 Å². The number of fused-ring (bicyclic) bond motifs is 2. The quantitative estimate of drug-likeness (QED) is 0.142. The number of carbonyl (C=O) groups excluding carboxylic acids is 3. The van der Waals surface area contributed by atoms with Gasteiger partial charge in [-0.25, -0.2) is 4.90 Å². The molecule has 198 valence electrons. The number of anilines is 2. The summed E-state index contributed by atoms with van der Waals surface area (Å²) >= 11 is 0. The van der Waals surface area contributed by atoms with E-state index in [1.54, 1.807) is 36.4 Å². The molecule has 6 heteroatoms. The van der Waals surface area contributed by atoms with Crippen molar-refractivity contribution in [3.63, 3.8) is 0 Å². The van der Waals surface area contributed by atoms with Gasteiger partial charge < -0.3 is 5.11 Å². The van der Waals surface area contributed by atoms with Gasteiger partial charge in [-0.05, 0) is 74.8 Å². The first-order chi connectivity index (χ1) is 20.5. The molecule has 0 saturated heterocycles. The number of rotatable bonds is 2. The van der Waals surface area contributed by atoms with Crippen molar-refractivity contribution in [3.8, 4) is 0 Å². The zero-order chi connectivity index (χ0) is 28.3. The van der Waals surface area contributed by atoms with Gasteiger partial charge in [-0.3, -0.25) is 19.3 Å². The van der Waals surface area contributed by atoms with E-state index in [0.717, 1.165) is 37.7 Å². The lowest BCUT2D eigenvalue weighted by molar-refractivity contribution is 0.0872. The third-order valence-corrected chi connectivity index (χ3v) is 8.82. The fourth-order valence-corrected chi connectivity index (χ4v) is 7.04. The third kappa shape index (κ3) is 2.74. The summed E-state index contributed by atoms with van der Waals surface area (Å²) in [5.41, 5.74) is 3.30. The van der Waals surface area contributed by atoms with Crippen LogP contribution in [0.25, 0.3) is 43.1 Å². The van der Waals surface area contributed by atoms with Gasteiger partial charge in [0.1, 0.15) is 0 Å². The highest BCUT2D eigenvalue weighted by Crippen LogP contribution is 2.48. The van der Waals surface area contributed by atoms with Crippen LogP contribution in [0.5, 0.6) is 0 Å². The van der Waals surface area contributed by atoms with Crippen molar-refractivity contribution in [2.75, 3.05) is 9.80 Å². The van der Waals surface area contributed by atoms with E-state index in [1.165, 1.54) is 9.80 Å². The van der Waals surface area contributed by atoms with Gasteiger partial charge in [0.25, 0.3) is 17.7 Å². The minimum absolute atomic E-state index is 0.266. The van der Waals surface area contributed by atoms with Crippen LogP contribution in [0.3, 0.4) is 0 Å². The minimum atomic E-state index is -1.15. The summed E-state index contributed by atoms with van der Waals surface area (Å²) in [6.07, 6.45) is -1.15. The predicted molar refractivity (Wildman–Crippen MR) is 163 cm³/mol. The average molecular weight is 545 g/mol. The van der Waals surface area contributed by atoms with Crippen LogP contribution in [0.4, 0.5) is 11.4 Å². The van der Waals surface area contributed by atoms with Gasteiger partial charge in [-0.15, -0.1) is 0 Å². The van der Waals surface area contributed by atoms with Crippen LogP contribution in [0, 0.1) is 0 Å². The summed E-state index contributed by atoms with van der Waals surface area (Å²) in [6, 6.07) is 33.3. The lowest BCUT2D eigenvalue weighted by atomic mass is 9.82. The lowest BCUT2D eigenvalue weighted by Gasteiger charge is -2.34. The van der Waals surface area contributed by atoms with E-state index >= 15 is 0 Å². The van der Waals surface area contributed by atoms with Crippen molar-refractivity contribution in [2.24, 2.45) is 0 Å². The van der Waals surface area contributed by atoms with Crippen molar-refractivity contribution in [2.45, 2.75) is 6.23 Å². The Balaban J connectivity index is 1.34. The molecule has 42 heavy (non-hydrogen) atoms. The van der Waals surface area contributed by atoms with Gasteiger partial charge in [0, 0.05) is 38.7 Å². The number of hydrogen-bond acceptors (Lipinski definition) is 4. The highest BCUT2D eigenvalue weighted by Gasteiger charge is 2.37. The molecular weight excluding hydrogens is 524 g/mol. The van der Waals surface area contributed by atoms with E-state index < -0.39 is 6.23 Å². The molecule has 9 rings (SSSR count). The SMILES string of the molecule is O=C1c2ccc3c4ccc5c6c(ccc(c7ccc(c2c37)C(=O)N1c1ccccc1)c64)[C@H](O)N(c1ccccc1)C5=O. The maximum Gasteiger partial charge on any atom is 0.265 e. The Labute approximate surface area is 238 Å². The fourth-order valence-electron chi connectivity index (χ4n) is 7.04. The molecule has 2 aliphatic rings. The zero-order valence-electron chi connectivity index (χ0n) is 22.0. The fraction of sp³-hybridized carbons (Fsp3) is 0.0278. The van der Waals surface area contributed by atoms with Crippen LogP contribution in [0.15, 0.2) is 109 Å². The number of nitrogens with zero attached hydrogens (tertiary/aromatic N) is 2. The Morgan fingerprint density at radius 2 is 0.905 bits per heavy atom. The minimum Gasteiger partial charge on any atom is -0.369 e. The Kier molecular flexibility index (Phi) is 4.41. The molecule has 1 atom stereocenters. The molecule has 0 saturated carbocycles. The Morgan fingerprint density at radius 3 is 1.45 bits per heavy atom. The normalized spacial score (nSPS) is 16.5. The van der Waals surface area contributed by atoms with E-state index in [4.69, 9.17) is 0 Å². The monoisotopic (exact) mass is 544 g/mol. The third-order valence-electron chi connectivity index (χ3n) is 8.82. The topological polar surface area (TPSA) is 77.9 Å². The van der Waals surface area contributed by atoms with Crippen LogP contribution >= 0.6 is 0 Å². The van der Waals surface area contributed by atoms with Gasteiger partial charge in [-0.1, -0.05) is 66.7 Å². The van der Waals surface area contributed by atoms with E-state index in [1.807, 2.05) is 72.8 Å². The van der Waals surface area contributed by atoms with Crippen LogP contribution < -0.4 is 9.80 Å². The van der Waals surface area contributed by atoms with Crippen molar-refractivity contribution in [1.29, 1.82) is 0 Å². The first-order valence-electron chi connectivity index (χ1n) is 13.7. The second kappa shape index (κ2) is 8.00. The second-order valence-corrected chi connectivity index (χ2v) is 10.9. The summed E-state index contributed by atoms with van der Waals surface area (Å²) in [6.45, 7) is 0. The Bertz CT molecular complexity index is 2260. The number of carbonyl (C=O) groups is 3. The molecule has 0 aliphatic carbocycles. The first-order valence-corrected chi connectivity index (χ1v) is 13.7. The first kappa shape index (κ1) is 23.1. The van der Waals surface area contributed by atoms with Crippen LogP contribution in [0.1, 0.15) is 42.9 Å². The molecule has 0 unspecified atom stereocenters. The molecule has 2 aliphatic heterocycles. The van der Waals surface area contributed by atoms with Crippen molar-refractivity contribution < 1.29 is 19.5 Å². The summed E-state index contributed by atoms with van der Waals surface area (Å²) in [5, 5.41) is 18.2. The number of aliphatic hydroxyl groups is 1. The largest absolute Gasteiger partial charge is 0.369 e. The van der Waals surface area contributed by atoms with E-state index in [2.05, 4.69) is 0 Å². The molecule has 0 fully saturated rings. The van der Waals surface area contributed by atoms with Crippen molar-refractivity contribution in [3.05, 3.63) is 131 Å². The highest BCUT2D eigenvalue weighted by molar-refractivity contribution is 6.43. The number of amides is 3. The molecule has 1 N–H and O–H groups in total. The average Bonchev–Trinajstić information content (AvgIpc) is 3.03. The summed E-state index contributed by atoms with van der Waals surface area (Å²) in [4.78, 5) is 44.0. The number of para-hydroxylation sites is 2. The molecule has 3 amide bonds. The molecule has 6 nitrogen and oxygen atoms in total. The van der Waals surface area contributed by atoms with Gasteiger partial charge in [0.05, 0.1) is 5.69 Å². The van der Waals surface area contributed by atoms with Crippen LogP contribution in [-0.4, -0.2) is 22.8 Å². The van der Waals surface area contributed by atoms with Crippen LogP contribution in [-0.2, 0) is 0 Å². The number of benzene rings is 7. The molecular formula is C36H20N2O4. The smallest absolute Gasteiger partial charge is 0.265 e. The summed E-state index contributed by atoms with van der Waals surface area (Å²) < 4.78 is 0. The van der Waals surface area contributed by atoms with E-state index in [9.17, 15) is 19.5 Å². The standard InChI is InChI=1S/C36H20N2O4/c39-33-25-15-11-21-23-13-17-27-32-28(36(42)38(35(27)41)20-9-5-2-6-10-20)18-14-24(30(23)32)22-12-16-26(31(25)29(21)22)34(40)37(33)19-7-3-1-4-8-19/h1-18,33,39H/t33-/m0/s1. The molecule has 2 heterocycles. The zero-order valence-corrected chi connectivity index (χ0v) is 22.0. The number of imide groups is 1. The Hall–Kier alpha value is -5.59. The molecule has 0 bridgehead atoms. The van der Waals surface area contributed by atoms with Gasteiger partial charge in [-0.2, -0.15) is 0 Å². The lowest BCUT2D eigenvalue weighted by Crippen LogP contribution is -2.40. The number of hydrogen-bond donors (Lipinski definition) is 1. The van der Waals surface area contributed by atoms with E-state index in [-0.39, 0.29) is 17.7 Å². The summed E-state index contributed by atoms with van der Waals surface area (Å²) in [5.74, 6) is -0.973. The second-order valence-electron chi connectivity index (χ2n) is 10.9. The van der Waals surface area contributed by atoms with E-state index in [0.29, 0.717) is 39.0 Å². The molecule has 0 radical (unpaired) electrons. The van der Waals surface area contributed by atoms with Gasteiger partial charge in [0.15, 0.2) is 6.23 Å². The molecule has 0 spiro atoms. The van der Waals surface area contributed by atoms with Crippen molar-refractivity contribution in [1.82, 2.24) is 0 Å². The Morgan fingerprint density at radius 1 is 0.452 bits per heavy atom. The highest BCUT2D eigenvalue weighted by atomic mass is 16.3. The van der Waals surface area contributed by atoms with Crippen molar-refractivity contribution >= 4 is 72.2 Å². The predicted octanol–water partition coefficient (Wildman–Crippen LogP) is 7.19. The molecule has 7 aromatic carbocycles. The molecule has 7 aromatic rings. The maximum atomic E-state index is 13.8. The summed E-state index contributed by atoms with van der Waals surface area (Å²) in [7, 11) is 0. The maximum absolute atomic E-state index is 13.8. The number of aliphatic hydroxyl groups excluding tert-OH is 1. The molecule has 0 aromatic heterocycles. The van der Waals surface area contributed by atoms with Gasteiger partial charge >= 0.3 is 0 Å². The van der Waals surface area contributed by atoms with Gasteiger partial charge in [0.2, 0.25) is 0 Å².